The van der Waals surface area contributed by atoms with Crippen LogP contribution in [0, 0.1) is 0 Å². The lowest BCUT2D eigenvalue weighted by Crippen LogP contribution is -2.14. The van der Waals surface area contributed by atoms with E-state index in [0.717, 1.165) is 21.8 Å². The fourth-order valence-electron chi connectivity index (χ4n) is 1.58. The van der Waals surface area contributed by atoms with Crippen LogP contribution in [0.15, 0.2) is 39.5 Å². The number of carbonyl (C=O) groups excluding carboxylic acids is 1. The highest BCUT2D eigenvalue weighted by atomic mass is 79.9. The number of carbonyl (C=O) groups is 1. The zero-order chi connectivity index (χ0) is 14.4. The van der Waals surface area contributed by atoms with E-state index in [2.05, 4.69) is 32.7 Å². The number of hydrogen-bond acceptors (Lipinski definition) is 4. The Labute approximate surface area is 130 Å². The van der Waals surface area contributed by atoms with Gasteiger partial charge in [-0.25, -0.2) is 0 Å². The molecule has 2 rings (SSSR count). The van der Waals surface area contributed by atoms with E-state index in [0.29, 0.717) is 6.61 Å². The van der Waals surface area contributed by atoms with Gasteiger partial charge < -0.3 is 15.8 Å². The highest BCUT2D eigenvalue weighted by Gasteiger charge is 1.99. The number of primary amides is 1. The molecule has 106 valence electrons. The summed E-state index contributed by atoms with van der Waals surface area (Å²) in [4.78, 5) is 10.6. The van der Waals surface area contributed by atoms with E-state index in [9.17, 15) is 4.79 Å². The van der Waals surface area contributed by atoms with Crippen LogP contribution in [-0.4, -0.2) is 12.5 Å². The molecule has 6 heteroatoms. The molecule has 1 amide bonds. The van der Waals surface area contributed by atoms with Crippen molar-refractivity contribution in [1.29, 1.82) is 0 Å². The van der Waals surface area contributed by atoms with Gasteiger partial charge in [-0.2, -0.15) is 0 Å². The largest absolute Gasteiger partial charge is 0.493 e. The number of nitrogens with two attached hydrogens (primary N) is 1. The maximum absolute atomic E-state index is 10.6. The lowest BCUT2D eigenvalue weighted by molar-refractivity contribution is -0.118. The van der Waals surface area contributed by atoms with Crippen molar-refractivity contribution < 1.29 is 9.53 Å². The van der Waals surface area contributed by atoms with Crippen LogP contribution >= 0.6 is 27.3 Å². The van der Waals surface area contributed by atoms with Gasteiger partial charge in [-0.05, 0) is 57.2 Å². The summed E-state index contributed by atoms with van der Waals surface area (Å²) in [5.41, 5.74) is 7.31. The Balaban J connectivity index is 1.80. The van der Waals surface area contributed by atoms with Gasteiger partial charge in [0.15, 0.2) is 0 Å². The molecule has 1 heterocycles. The highest BCUT2D eigenvalue weighted by molar-refractivity contribution is 9.11. The van der Waals surface area contributed by atoms with Crippen molar-refractivity contribution in [1.82, 2.24) is 0 Å². The molecule has 0 saturated carbocycles. The number of nitrogens with one attached hydrogen (secondary N) is 1. The minimum atomic E-state index is -0.356. The van der Waals surface area contributed by atoms with Crippen LogP contribution in [0.25, 0.3) is 0 Å². The van der Waals surface area contributed by atoms with E-state index in [1.165, 1.54) is 5.56 Å². The molecule has 0 radical (unpaired) electrons. The Morgan fingerprint density at radius 2 is 2.10 bits per heavy atom. The summed E-state index contributed by atoms with van der Waals surface area (Å²) in [6, 6.07) is 9.72. The molecule has 3 N–H and O–H groups in total. The number of rotatable bonds is 7. The third-order valence-electron chi connectivity index (χ3n) is 2.59. The minimum Gasteiger partial charge on any atom is -0.493 e. The molecule has 0 aliphatic rings. The van der Waals surface area contributed by atoms with E-state index >= 15 is 0 Å². The molecule has 0 aliphatic carbocycles. The third kappa shape index (κ3) is 4.86. The molecule has 0 bridgehead atoms. The zero-order valence-electron chi connectivity index (χ0n) is 10.8. The number of ether oxygens (including phenoxy) is 1. The zero-order valence-corrected chi connectivity index (χ0v) is 13.2. The van der Waals surface area contributed by atoms with Crippen LogP contribution in [0.1, 0.15) is 12.0 Å². The first kappa shape index (κ1) is 14.9. The maximum atomic E-state index is 10.6. The maximum Gasteiger partial charge on any atom is 0.220 e. The topological polar surface area (TPSA) is 64.4 Å². The minimum absolute atomic E-state index is 0.229. The van der Waals surface area contributed by atoms with Crippen LogP contribution in [0.3, 0.4) is 0 Å². The second-order valence-electron chi connectivity index (χ2n) is 4.20. The Morgan fingerprint density at radius 3 is 2.70 bits per heavy atom. The summed E-state index contributed by atoms with van der Waals surface area (Å²) in [5, 5.41) is 5.44. The molecule has 4 nitrogen and oxygen atoms in total. The van der Waals surface area contributed by atoms with Crippen molar-refractivity contribution in [3.8, 4) is 5.75 Å². The van der Waals surface area contributed by atoms with Crippen molar-refractivity contribution in [2.24, 2.45) is 5.73 Å². The molecule has 0 fully saturated rings. The Kier molecular flexibility index (Phi) is 5.43. The van der Waals surface area contributed by atoms with Crippen molar-refractivity contribution in [3.05, 3.63) is 45.1 Å². The molecule has 1 aromatic carbocycles. The van der Waals surface area contributed by atoms with Crippen LogP contribution in [0.2, 0.25) is 0 Å². The van der Waals surface area contributed by atoms with Gasteiger partial charge in [0.2, 0.25) is 5.91 Å². The molecule has 0 atom stereocenters. The Morgan fingerprint density at radius 1 is 1.35 bits per heavy atom. The van der Waals surface area contributed by atoms with Crippen LogP contribution in [-0.2, 0) is 11.3 Å². The number of thiophene rings is 1. The van der Waals surface area contributed by atoms with Gasteiger partial charge in [-0.3, -0.25) is 4.79 Å². The molecule has 0 saturated heterocycles. The van der Waals surface area contributed by atoms with E-state index < -0.39 is 0 Å². The number of hydrogen-bond donors (Lipinski definition) is 2. The Hall–Kier alpha value is -1.53. The molecule has 0 spiro atoms. The van der Waals surface area contributed by atoms with E-state index in [4.69, 9.17) is 10.5 Å². The van der Waals surface area contributed by atoms with Crippen LogP contribution in [0.4, 0.5) is 5.69 Å². The fourth-order valence-corrected chi connectivity index (χ4v) is 2.79. The van der Waals surface area contributed by atoms with E-state index in [1.807, 2.05) is 24.3 Å². The van der Waals surface area contributed by atoms with Gasteiger partial charge in [0.1, 0.15) is 5.75 Å². The molecule has 0 unspecified atom stereocenters. The molecule has 2 aromatic rings. The van der Waals surface area contributed by atoms with Gasteiger partial charge >= 0.3 is 0 Å². The number of anilines is 1. The fraction of sp³-hybridized carbons (Fsp3) is 0.214. The lowest BCUT2D eigenvalue weighted by atomic mass is 10.3. The molecular weight excluding hydrogens is 340 g/mol. The number of amides is 1. The summed E-state index contributed by atoms with van der Waals surface area (Å²) in [5.74, 6) is 0.375. The quantitative estimate of drug-likeness (QED) is 0.800. The van der Waals surface area contributed by atoms with Crippen molar-refractivity contribution >= 4 is 38.9 Å². The van der Waals surface area contributed by atoms with Crippen molar-refractivity contribution in [2.75, 3.05) is 11.9 Å². The van der Waals surface area contributed by atoms with Gasteiger partial charge in [0.05, 0.1) is 16.8 Å². The smallest absolute Gasteiger partial charge is 0.220 e. The predicted molar refractivity (Wildman–Crippen MR) is 85.1 cm³/mol. The Bertz CT molecular complexity index is 569. The summed E-state index contributed by atoms with van der Waals surface area (Å²) < 4.78 is 6.54. The summed E-state index contributed by atoms with van der Waals surface area (Å²) in [6.07, 6.45) is 0.229. The average Bonchev–Trinajstić information content (AvgIpc) is 2.83. The average molecular weight is 355 g/mol. The van der Waals surface area contributed by atoms with E-state index in [1.54, 1.807) is 11.3 Å². The second kappa shape index (κ2) is 7.31. The van der Waals surface area contributed by atoms with Gasteiger partial charge in [-0.15, -0.1) is 11.3 Å². The molecule has 1 aromatic heterocycles. The van der Waals surface area contributed by atoms with Crippen LogP contribution < -0.4 is 15.8 Å². The summed E-state index contributed by atoms with van der Waals surface area (Å²) in [7, 11) is 0. The first-order valence-corrected chi connectivity index (χ1v) is 7.79. The standard InChI is InChI=1S/C14H15BrN2O2S/c15-13-7-10(9-20-13)8-17-11-1-3-12(4-2-11)19-6-5-14(16)18/h1-4,7,9,17H,5-6,8H2,(H2,16,18). The summed E-state index contributed by atoms with van der Waals surface area (Å²) in [6.45, 7) is 1.09. The molecular formula is C14H15BrN2O2S. The van der Waals surface area contributed by atoms with E-state index in [-0.39, 0.29) is 12.3 Å². The number of benzene rings is 1. The molecule has 20 heavy (non-hydrogen) atoms. The van der Waals surface area contributed by atoms with Gasteiger partial charge in [0, 0.05) is 12.2 Å². The van der Waals surface area contributed by atoms with Gasteiger partial charge in [-0.1, -0.05) is 0 Å². The number of halogens is 1. The SMILES string of the molecule is NC(=O)CCOc1ccc(NCc2csc(Br)c2)cc1. The van der Waals surface area contributed by atoms with Crippen molar-refractivity contribution in [3.63, 3.8) is 0 Å². The van der Waals surface area contributed by atoms with Gasteiger partial charge in [0.25, 0.3) is 0 Å². The monoisotopic (exact) mass is 354 g/mol. The molecule has 0 aliphatic heterocycles. The lowest BCUT2D eigenvalue weighted by Gasteiger charge is -2.08. The first-order valence-electron chi connectivity index (χ1n) is 6.11. The summed E-state index contributed by atoms with van der Waals surface area (Å²) >= 11 is 5.12. The third-order valence-corrected chi connectivity index (χ3v) is 4.14. The normalized spacial score (nSPS) is 10.2. The highest BCUT2D eigenvalue weighted by Crippen LogP contribution is 2.22. The second-order valence-corrected chi connectivity index (χ2v) is 6.49. The van der Waals surface area contributed by atoms with Crippen LogP contribution in [0.5, 0.6) is 5.75 Å². The predicted octanol–water partition coefficient (Wildman–Crippen LogP) is 3.38. The first-order chi connectivity index (χ1) is 9.63. The van der Waals surface area contributed by atoms with Crippen molar-refractivity contribution in [2.45, 2.75) is 13.0 Å².